The lowest BCUT2D eigenvalue weighted by atomic mass is 9.96. The van der Waals surface area contributed by atoms with Gasteiger partial charge in [0.05, 0.1) is 43.0 Å². The van der Waals surface area contributed by atoms with Gasteiger partial charge < -0.3 is 14.6 Å². The molecule has 0 aliphatic carbocycles. The van der Waals surface area contributed by atoms with Crippen molar-refractivity contribution >= 4 is 17.5 Å². The molecule has 13 heteroatoms. The zero-order valence-corrected chi connectivity index (χ0v) is 26.0. The number of aryl methyl sites for hydroxylation is 1. The standard InChI is InChI=1S/C34H33F3N8O2/c1-20-4-3-7-44(14-20)15-22-9-27-28(29(10-22)34(35,36)37)16-45(33(27)46)31-12-23(11-30(41-31)40-24-17-47-18-24)25-6-5-21(13-38)8-26(25)32-42-39-19-43(32)2/h5-6,8-12,19-20,24H,3-4,7,14-18H2,1-2H3,(H,40,41)/t20-/m0/s1. The quantitative estimate of drug-likeness (QED) is 0.276. The van der Waals surface area contributed by atoms with Gasteiger partial charge in [0.25, 0.3) is 5.91 Å². The summed E-state index contributed by atoms with van der Waals surface area (Å²) in [5, 5.41) is 21.2. The third kappa shape index (κ3) is 6.06. The first kappa shape index (κ1) is 30.8. The average Bonchev–Trinajstić information content (AvgIpc) is 3.60. The number of piperidine rings is 1. The SMILES string of the molecule is C[C@H]1CCCN(Cc2cc3c(c(C(F)(F)F)c2)CN(c2cc(-c4ccc(C#N)cc4-c4nncn4C)cc(NC4COC4)n2)C3=O)C1. The molecule has 1 amide bonds. The molecule has 7 rings (SSSR count). The van der Waals surface area contributed by atoms with Crippen molar-refractivity contribution in [1.29, 1.82) is 5.26 Å². The minimum absolute atomic E-state index is 0.00634. The van der Waals surface area contributed by atoms with E-state index in [9.17, 15) is 23.2 Å². The summed E-state index contributed by atoms with van der Waals surface area (Å²) >= 11 is 0. The number of ether oxygens (including phenoxy) is 1. The maximum absolute atomic E-state index is 14.5. The molecule has 2 saturated heterocycles. The van der Waals surface area contributed by atoms with Crippen LogP contribution in [0.2, 0.25) is 0 Å². The van der Waals surface area contributed by atoms with Crippen LogP contribution in [0, 0.1) is 17.2 Å². The number of aromatic nitrogens is 4. The molecule has 47 heavy (non-hydrogen) atoms. The number of carbonyl (C=O) groups is 1. The minimum atomic E-state index is -4.63. The van der Waals surface area contributed by atoms with E-state index in [2.05, 4.69) is 33.4 Å². The number of likely N-dealkylation sites (tertiary alicyclic amines) is 1. The van der Waals surface area contributed by atoms with Crippen molar-refractivity contribution in [3.05, 3.63) is 76.6 Å². The average molecular weight is 643 g/mol. The van der Waals surface area contributed by atoms with Crippen molar-refractivity contribution in [2.45, 2.75) is 45.1 Å². The van der Waals surface area contributed by atoms with E-state index in [-0.39, 0.29) is 29.5 Å². The van der Waals surface area contributed by atoms with Crippen molar-refractivity contribution < 1.29 is 22.7 Å². The van der Waals surface area contributed by atoms with Crippen LogP contribution in [0.1, 0.15) is 52.4 Å². The molecule has 4 aromatic rings. The molecule has 5 heterocycles. The number of hydrogen-bond donors (Lipinski definition) is 1. The fraction of sp³-hybridized carbons (Fsp3) is 0.382. The third-order valence-electron chi connectivity index (χ3n) is 9.04. The number of rotatable bonds is 7. The van der Waals surface area contributed by atoms with Crippen molar-refractivity contribution in [3.63, 3.8) is 0 Å². The van der Waals surface area contributed by atoms with Crippen LogP contribution in [0.4, 0.5) is 24.8 Å². The number of alkyl halides is 3. The van der Waals surface area contributed by atoms with Gasteiger partial charge in [0.15, 0.2) is 5.82 Å². The van der Waals surface area contributed by atoms with Crippen molar-refractivity contribution in [3.8, 4) is 28.6 Å². The van der Waals surface area contributed by atoms with E-state index < -0.39 is 17.6 Å². The van der Waals surface area contributed by atoms with Crippen LogP contribution < -0.4 is 10.2 Å². The van der Waals surface area contributed by atoms with Crippen molar-refractivity contribution in [2.75, 3.05) is 36.5 Å². The van der Waals surface area contributed by atoms with Crippen LogP contribution in [0.3, 0.4) is 0 Å². The molecule has 0 bridgehead atoms. The Kier molecular flexibility index (Phi) is 7.93. The lowest BCUT2D eigenvalue weighted by molar-refractivity contribution is -0.138. The molecule has 0 radical (unpaired) electrons. The molecule has 0 unspecified atom stereocenters. The zero-order valence-electron chi connectivity index (χ0n) is 26.0. The number of anilines is 2. The van der Waals surface area contributed by atoms with E-state index in [1.165, 1.54) is 11.0 Å². The van der Waals surface area contributed by atoms with Crippen LogP contribution in [0.5, 0.6) is 0 Å². The molecule has 2 aromatic carbocycles. The second-order valence-corrected chi connectivity index (χ2v) is 12.7. The third-order valence-corrected chi connectivity index (χ3v) is 9.04. The molecule has 3 aliphatic heterocycles. The van der Waals surface area contributed by atoms with Gasteiger partial charge in [-0.1, -0.05) is 13.0 Å². The number of fused-ring (bicyclic) bond motifs is 1. The van der Waals surface area contributed by atoms with Crippen LogP contribution >= 0.6 is 0 Å². The Balaban J connectivity index is 1.30. The molecule has 10 nitrogen and oxygen atoms in total. The second-order valence-electron chi connectivity index (χ2n) is 12.7. The van der Waals surface area contributed by atoms with Gasteiger partial charge in [0.1, 0.15) is 18.0 Å². The maximum Gasteiger partial charge on any atom is 0.416 e. The largest absolute Gasteiger partial charge is 0.416 e. The van der Waals surface area contributed by atoms with Gasteiger partial charge in [-0.05, 0) is 84.0 Å². The predicted molar refractivity (Wildman–Crippen MR) is 168 cm³/mol. The zero-order chi connectivity index (χ0) is 32.9. The summed E-state index contributed by atoms with van der Waals surface area (Å²) in [5.41, 5.74) is 2.06. The normalized spacial score (nSPS) is 18.6. The van der Waals surface area contributed by atoms with Gasteiger partial charge >= 0.3 is 6.18 Å². The minimum Gasteiger partial charge on any atom is -0.377 e. The van der Waals surface area contributed by atoms with Crippen LogP contribution in [-0.2, 0) is 31.1 Å². The highest BCUT2D eigenvalue weighted by Gasteiger charge is 2.41. The smallest absolute Gasteiger partial charge is 0.377 e. The molecule has 0 saturated carbocycles. The van der Waals surface area contributed by atoms with E-state index in [0.29, 0.717) is 65.1 Å². The molecule has 2 aromatic heterocycles. The van der Waals surface area contributed by atoms with Gasteiger partial charge in [0.2, 0.25) is 0 Å². The van der Waals surface area contributed by atoms with Gasteiger partial charge in [-0.15, -0.1) is 10.2 Å². The number of hydrogen-bond acceptors (Lipinski definition) is 8. The Morgan fingerprint density at radius 1 is 1.11 bits per heavy atom. The summed E-state index contributed by atoms with van der Waals surface area (Å²) < 4.78 is 50.6. The fourth-order valence-electron chi connectivity index (χ4n) is 6.68. The Labute approximate surface area is 269 Å². The van der Waals surface area contributed by atoms with Crippen LogP contribution in [0.15, 0.2) is 48.8 Å². The Hall–Kier alpha value is -4.80. The number of nitriles is 1. The van der Waals surface area contributed by atoms with E-state index in [1.54, 1.807) is 48.3 Å². The molecule has 242 valence electrons. The number of pyridine rings is 1. The molecule has 1 N–H and O–H groups in total. The van der Waals surface area contributed by atoms with E-state index in [4.69, 9.17) is 9.72 Å². The Morgan fingerprint density at radius 3 is 2.62 bits per heavy atom. The lowest BCUT2D eigenvalue weighted by Crippen LogP contribution is -2.40. The highest BCUT2D eigenvalue weighted by molar-refractivity contribution is 6.10. The summed E-state index contributed by atoms with van der Waals surface area (Å²) in [7, 11) is 1.79. The van der Waals surface area contributed by atoms with Crippen LogP contribution in [0.25, 0.3) is 22.5 Å². The molecular formula is C34H33F3N8O2. The van der Waals surface area contributed by atoms with Crippen LogP contribution in [-0.4, -0.2) is 62.9 Å². The number of nitrogens with one attached hydrogen (secondary N) is 1. The molecule has 0 spiro atoms. The van der Waals surface area contributed by atoms with Gasteiger partial charge in [-0.3, -0.25) is 14.6 Å². The van der Waals surface area contributed by atoms with E-state index >= 15 is 0 Å². The number of halogens is 3. The summed E-state index contributed by atoms with van der Waals surface area (Å²) in [4.78, 5) is 22.2. The van der Waals surface area contributed by atoms with Crippen molar-refractivity contribution in [1.82, 2.24) is 24.6 Å². The van der Waals surface area contributed by atoms with E-state index in [1.807, 2.05) is 6.07 Å². The van der Waals surface area contributed by atoms with E-state index in [0.717, 1.165) is 25.9 Å². The number of amides is 1. The van der Waals surface area contributed by atoms with Gasteiger partial charge in [-0.25, -0.2) is 4.98 Å². The van der Waals surface area contributed by atoms with Gasteiger partial charge in [0, 0.05) is 31.3 Å². The summed E-state index contributed by atoms with van der Waals surface area (Å²) in [6.45, 7) is 4.80. The van der Waals surface area contributed by atoms with Crippen molar-refractivity contribution in [2.24, 2.45) is 13.0 Å². The summed E-state index contributed by atoms with van der Waals surface area (Å²) in [6, 6.07) is 13.7. The monoisotopic (exact) mass is 642 g/mol. The first-order valence-electron chi connectivity index (χ1n) is 15.6. The number of benzene rings is 2. The summed E-state index contributed by atoms with van der Waals surface area (Å²) in [6.07, 6.45) is -0.988. The first-order chi connectivity index (χ1) is 22.6. The number of carbonyl (C=O) groups excluding carboxylic acids is 1. The molecule has 3 aliphatic rings. The predicted octanol–water partition coefficient (Wildman–Crippen LogP) is 5.64. The fourth-order valence-corrected chi connectivity index (χ4v) is 6.68. The molecule has 2 fully saturated rings. The molecule has 1 atom stereocenters. The Bertz CT molecular complexity index is 1900. The number of nitrogens with zero attached hydrogens (tertiary/aromatic N) is 7. The molecular weight excluding hydrogens is 609 g/mol. The Morgan fingerprint density at radius 2 is 1.94 bits per heavy atom. The highest BCUT2D eigenvalue weighted by Crippen LogP contribution is 2.41. The van der Waals surface area contributed by atoms with Gasteiger partial charge in [-0.2, -0.15) is 18.4 Å². The maximum atomic E-state index is 14.5. The summed E-state index contributed by atoms with van der Waals surface area (Å²) in [5.74, 6) is 1.11. The highest BCUT2D eigenvalue weighted by atomic mass is 19.4. The lowest BCUT2D eigenvalue weighted by Gasteiger charge is -2.31. The topological polar surface area (TPSA) is 112 Å². The second kappa shape index (κ2) is 12.1. The first-order valence-corrected chi connectivity index (χ1v) is 15.6.